The SMILES string of the molecule is CCc1cn[nH]c1NC(=O)NC1CCOC1. The summed E-state index contributed by atoms with van der Waals surface area (Å²) in [6.45, 7) is 3.32. The van der Waals surface area contributed by atoms with Crippen molar-refractivity contribution < 1.29 is 9.53 Å². The number of urea groups is 1. The molecule has 0 aromatic carbocycles. The van der Waals surface area contributed by atoms with E-state index in [0.29, 0.717) is 12.4 Å². The molecule has 0 radical (unpaired) electrons. The average molecular weight is 224 g/mol. The van der Waals surface area contributed by atoms with Crippen LogP contribution >= 0.6 is 0 Å². The van der Waals surface area contributed by atoms with Crippen LogP contribution < -0.4 is 10.6 Å². The number of nitrogens with zero attached hydrogens (tertiary/aromatic N) is 1. The van der Waals surface area contributed by atoms with Crippen LogP contribution in [-0.4, -0.2) is 35.5 Å². The zero-order valence-electron chi connectivity index (χ0n) is 9.25. The third-order valence-corrected chi connectivity index (χ3v) is 2.60. The highest BCUT2D eigenvalue weighted by molar-refractivity contribution is 5.89. The van der Waals surface area contributed by atoms with Crippen molar-refractivity contribution in [2.24, 2.45) is 0 Å². The second-order valence-electron chi connectivity index (χ2n) is 3.78. The summed E-state index contributed by atoms with van der Waals surface area (Å²) < 4.78 is 5.18. The van der Waals surface area contributed by atoms with Crippen LogP contribution in [0.1, 0.15) is 18.9 Å². The predicted molar refractivity (Wildman–Crippen MR) is 59.3 cm³/mol. The third-order valence-electron chi connectivity index (χ3n) is 2.60. The zero-order chi connectivity index (χ0) is 11.4. The number of hydrogen-bond donors (Lipinski definition) is 3. The molecule has 2 heterocycles. The van der Waals surface area contributed by atoms with E-state index in [9.17, 15) is 4.79 Å². The van der Waals surface area contributed by atoms with E-state index in [0.717, 1.165) is 25.0 Å². The molecule has 2 rings (SSSR count). The lowest BCUT2D eigenvalue weighted by molar-refractivity contribution is 0.189. The van der Waals surface area contributed by atoms with Gasteiger partial charge in [0.1, 0.15) is 5.82 Å². The fourth-order valence-corrected chi connectivity index (χ4v) is 1.67. The summed E-state index contributed by atoms with van der Waals surface area (Å²) >= 11 is 0. The Morgan fingerprint density at radius 2 is 2.62 bits per heavy atom. The van der Waals surface area contributed by atoms with Crippen molar-refractivity contribution in [1.29, 1.82) is 0 Å². The average Bonchev–Trinajstić information content (AvgIpc) is 2.88. The zero-order valence-corrected chi connectivity index (χ0v) is 9.25. The monoisotopic (exact) mass is 224 g/mol. The Balaban J connectivity index is 1.86. The minimum absolute atomic E-state index is 0.119. The number of aryl methyl sites for hydroxylation is 1. The number of aromatic nitrogens is 2. The van der Waals surface area contributed by atoms with Gasteiger partial charge in [-0.2, -0.15) is 5.10 Å². The van der Waals surface area contributed by atoms with Gasteiger partial charge in [0, 0.05) is 12.2 Å². The topological polar surface area (TPSA) is 79.0 Å². The molecule has 1 fully saturated rings. The molecule has 1 atom stereocenters. The van der Waals surface area contributed by atoms with Crippen molar-refractivity contribution in [3.05, 3.63) is 11.8 Å². The van der Waals surface area contributed by atoms with Crippen LogP contribution in [-0.2, 0) is 11.2 Å². The number of amides is 2. The first-order valence-electron chi connectivity index (χ1n) is 5.47. The van der Waals surface area contributed by atoms with E-state index in [4.69, 9.17) is 4.74 Å². The van der Waals surface area contributed by atoms with Crippen molar-refractivity contribution >= 4 is 11.8 Å². The number of H-pyrrole nitrogens is 1. The lowest BCUT2D eigenvalue weighted by atomic mass is 10.2. The number of carbonyl (C=O) groups excluding carboxylic acids is 1. The van der Waals surface area contributed by atoms with Gasteiger partial charge in [0.25, 0.3) is 0 Å². The lowest BCUT2D eigenvalue weighted by Gasteiger charge is -2.11. The van der Waals surface area contributed by atoms with Gasteiger partial charge in [-0.05, 0) is 12.8 Å². The number of carbonyl (C=O) groups is 1. The van der Waals surface area contributed by atoms with Gasteiger partial charge in [0.15, 0.2) is 0 Å². The number of nitrogens with one attached hydrogen (secondary N) is 3. The van der Waals surface area contributed by atoms with E-state index < -0.39 is 0 Å². The Kier molecular flexibility index (Phi) is 3.40. The summed E-state index contributed by atoms with van der Waals surface area (Å²) in [6.07, 6.45) is 3.42. The molecule has 6 nitrogen and oxygen atoms in total. The van der Waals surface area contributed by atoms with Gasteiger partial charge in [-0.3, -0.25) is 10.4 Å². The van der Waals surface area contributed by atoms with Crippen molar-refractivity contribution in [2.75, 3.05) is 18.5 Å². The minimum atomic E-state index is -0.213. The van der Waals surface area contributed by atoms with Gasteiger partial charge in [0.2, 0.25) is 0 Å². The third kappa shape index (κ3) is 2.52. The van der Waals surface area contributed by atoms with E-state index in [1.807, 2.05) is 6.92 Å². The number of ether oxygens (including phenoxy) is 1. The van der Waals surface area contributed by atoms with Gasteiger partial charge in [-0.25, -0.2) is 4.79 Å². The summed E-state index contributed by atoms with van der Waals surface area (Å²) in [6, 6.07) is -0.0950. The first kappa shape index (κ1) is 10.9. The molecule has 2 amide bonds. The van der Waals surface area contributed by atoms with Crippen molar-refractivity contribution in [1.82, 2.24) is 15.5 Å². The van der Waals surface area contributed by atoms with E-state index >= 15 is 0 Å². The number of aromatic amines is 1. The Labute approximate surface area is 93.8 Å². The molecule has 1 aliphatic rings. The maximum atomic E-state index is 11.6. The van der Waals surface area contributed by atoms with Gasteiger partial charge in [-0.1, -0.05) is 6.92 Å². The molecule has 88 valence electrons. The quantitative estimate of drug-likeness (QED) is 0.713. The first-order chi connectivity index (χ1) is 7.79. The highest BCUT2D eigenvalue weighted by atomic mass is 16.5. The van der Waals surface area contributed by atoms with E-state index in [2.05, 4.69) is 20.8 Å². The first-order valence-corrected chi connectivity index (χ1v) is 5.47. The fraction of sp³-hybridized carbons (Fsp3) is 0.600. The van der Waals surface area contributed by atoms with Gasteiger partial charge < -0.3 is 10.1 Å². The minimum Gasteiger partial charge on any atom is -0.379 e. The highest BCUT2D eigenvalue weighted by Gasteiger charge is 2.18. The molecule has 1 saturated heterocycles. The maximum absolute atomic E-state index is 11.6. The Morgan fingerprint density at radius 3 is 3.31 bits per heavy atom. The van der Waals surface area contributed by atoms with Gasteiger partial charge in [0.05, 0.1) is 18.8 Å². The molecule has 0 bridgehead atoms. The summed E-state index contributed by atoms with van der Waals surface area (Å²) in [7, 11) is 0. The van der Waals surface area contributed by atoms with Crippen LogP contribution in [0, 0.1) is 0 Å². The van der Waals surface area contributed by atoms with Gasteiger partial charge >= 0.3 is 6.03 Å². The Morgan fingerprint density at radius 1 is 1.75 bits per heavy atom. The molecule has 6 heteroatoms. The lowest BCUT2D eigenvalue weighted by Crippen LogP contribution is -2.38. The second kappa shape index (κ2) is 4.98. The standard InChI is InChI=1S/C10H16N4O2/c1-2-7-5-11-14-9(7)13-10(15)12-8-3-4-16-6-8/h5,8H,2-4,6H2,1H3,(H3,11,12,13,14,15). The van der Waals surface area contributed by atoms with Crippen LogP contribution in [0.3, 0.4) is 0 Å². The second-order valence-corrected chi connectivity index (χ2v) is 3.78. The van der Waals surface area contributed by atoms with Crippen LogP contribution in [0.25, 0.3) is 0 Å². The van der Waals surface area contributed by atoms with Crippen molar-refractivity contribution in [2.45, 2.75) is 25.8 Å². The molecule has 0 saturated carbocycles. The van der Waals surface area contributed by atoms with Gasteiger partial charge in [-0.15, -0.1) is 0 Å². The molecular formula is C10H16N4O2. The number of anilines is 1. The molecule has 1 aromatic rings. The number of hydrogen-bond acceptors (Lipinski definition) is 3. The van der Waals surface area contributed by atoms with Crippen molar-refractivity contribution in [3.8, 4) is 0 Å². The molecule has 16 heavy (non-hydrogen) atoms. The van der Waals surface area contributed by atoms with E-state index in [1.165, 1.54) is 0 Å². The van der Waals surface area contributed by atoms with Crippen LogP contribution in [0.2, 0.25) is 0 Å². The molecule has 1 aromatic heterocycles. The fourth-order valence-electron chi connectivity index (χ4n) is 1.67. The maximum Gasteiger partial charge on any atom is 0.320 e. The highest BCUT2D eigenvalue weighted by Crippen LogP contribution is 2.11. The van der Waals surface area contributed by atoms with Crippen LogP contribution in [0.4, 0.5) is 10.6 Å². The molecule has 0 aliphatic carbocycles. The molecular weight excluding hydrogens is 208 g/mol. The summed E-state index contributed by atoms with van der Waals surface area (Å²) in [5, 5.41) is 12.2. The summed E-state index contributed by atoms with van der Waals surface area (Å²) in [5.74, 6) is 0.666. The van der Waals surface area contributed by atoms with Crippen molar-refractivity contribution in [3.63, 3.8) is 0 Å². The predicted octanol–water partition coefficient (Wildman–Crippen LogP) is 0.883. The molecule has 0 spiro atoms. The Bertz CT molecular complexity index is 357. The van der Waals surface area contributed by atoms with Crippen LogP contribution in [0.5, 0.6) is 0 Å². The largest absolute Gasteiger partial charge is 0.379 e. The molecule has 1 aliphatic heterocycles. The smallest absolute Gasteiger partial charge is 0.320 e. The molecule has 1 unspecified atom stereocenters. The van der Waals surface area contributed by atoms with E-state index in [-0.39, 0.29) is 12.1 Å². The van der Waals surface area contributed by atoms with Crippen LogP contribution in [0.15, 0.2) is 6.20 Å². The summed E-state index contributed by atoms with van der Waals surface area (Å²) in [5.41, 5.74) is 0.998. The number of rotatable bonds is 3. The Hall–Kier alpha value is -1.56. The molecule has 3 N–H and O–H groups in total. The summed E-state index contributed by atoms with van der Waals surface area (Å²) in [4.78, 5) is 11.6. The van der Waals surface area contributed by atoms with E-state index in [1.54, 1.807) is 6.20 Å². The normalized spacial score (nSPS) is 19.7.